The summed E-state index contributed by atoms with van der Waals surface area (Å²) in [5, 5.41) is 17.8. The maximum absolute atomic E-state index is 13.9. The van der Waals surface area contributed by atoms with E-state index in [4.69, 9.17) is 4.74 Å². The van der Waals surface area contributed by atoms with Gasteiger partial charge in [-0.1, -0.05) is 69.3 Å². The first-order chi connectivity index (χ1) is 24.8. The van der Waals surface area contributed by atoms with Gasteiger partial charge in [0, 0.05) is 68.2 Å². The van der Waals surface area contributed by atoms with Crippen LogP contribution >= 0.6 is 0 Å². The normalized spacial score (nSPS) is 25.7. The van der Waals surface area contributed by atoms with E-state index in [1.165, 1.54) is 12.0 Å². The van der Waals surface area contributed by atoms with Gasteiger partial charge in [-0.25, -0.2) is 0 Å². The second-order valence-electron chi connectivity index (χ2n) is 16.6. The Morgan fingerprint density at radius 3 is 2.42 bits per heavy atom. The van der Waals surface area contributed by atoms with Crippen LogP contribution in [0.1, 0.15) is 61.5 Å². The maximum Gasteiger partial charge on any atom is 0.251 e. The van der Waals surface area contributed by atoms with Crippen molar-refractivity contribution < 1.29 is 19.4 Å². The van der Waals surface area contributed by atoms with Crippen molar-refractivity contribution in [3.63, 3.8) is 0 Å². The number of methoxy groups -OCH3 is 1. The molecule has 3 saturated carbocycles. The molecule has 3 aromatic rings. The highest BCUT2D eigenvalue weighted by atomic mass is 16.5. The number of nitrogens with one attached hydrogen (secondary N) is 2. The smallest absolute Gasteiger partial charge is 0.251 e. The van der Waals surface area contributed by atoms with E-state index in [-0.39, 0.29) is 23.9 Å². The van der Waals surface area contributed by atoms with Gasteiger partial charge in [0.05, 0.1) is 13.2 Å². The fourth-order valence-electron chi connectivity index (χ4n) is 9.29. The van der Waals surface area contributed by atoms with E-state index in [1.54, 1.807) is 7.11 Å². The summed E-state index contributed by atoms with van der Waals surface area (Å²) in [6.45, 7) is 8.79. The van der Waals surface area contributed by atoms with Gasteiger partial charge in [0.15, 0.2) is 0 Å². The Bertz CT molecular complexity index is 1730. The van der Waals surface area contributed by atoms with Crippen molar-refractivity contribution in [3.8, 4) is 16.9 Å². The minimum absolute atomic E-state index is 0.0750. The van der Waals surface area contributed by atoms with Crippen molar-refractivity contribution in [2.45, 2.75) is 77.2 Å². The SMILES string of the molecule is COc1c(CN2CC[C@H](O)[C@H]2C(=O)N[C@H]2C[C@@H]3C[C@H]([C@@H]2C)C3(C)C)cccc1-c1cc(C(=O)N[C@@H](Cc2ccccc2)CN(C)C)cc(N(C)C)c1. The molecule has 9 heteroatoms. The van der Waals surface area contributed by atoms with Gasteiger partial charge in [-0.05, 0) is 92.3 Å². The van der Waals surface area contributed by atoms with Crippen LogP contribution in [0.3, 0.4) is 0 Å². The van der Waals surface area contributed by atoms with Crippen molar-refractivity contribution in [1.82, 2.24) is 20.4 Å². The average Bonchev–Trinajstić information content (AvgIpc) is 3.47. The Kier molecular flexibility index (Phi) is 11.3. The van der Waals surface area contributed by atoms with Crippen LogP contribution in [-0.4, -0.2) is 99.3 Å². The number of para-hydroxylation sites is 1. The van der Waals surface area contributed by atoms with E-state index in [9.17, 15) is 14.7 Å². The number of likely N-dealkylation sites (tertiary alicyclic amines) is 1. The summed E-state index contributed by atoms with van der Waals surface area (Å²) < 4.78 is 6.10. The minimum Gasteiger partial charge on any atom is -0.496 e. The molecule has 280 valence electrons. The number of ether oxygens (including phenoxy) is 1. The summed E-state index contributed by atoms with van der Waals surface area (Å²) in [5.41, 5.74) is 5.65. The molecule has 1 saturated heterocycles. The fourth-order valence-corrected chi connectivity index (χ4v) is 9.29. The molecule has 1 heterocycles. The molecule has 0 aromatic heterocycles. The summed E-state index contributed by atoms with van der Waals surface area (Å²) in [4.78, 5) is 34.0. The Labute approximate surface area is 310 Å². The van der Waals surface area contributed by atoms with Gasteiger partial charge in [-0.15, -0.1) is 0 Å². The summed E-state index contributed by atoms with van der Waals surface area (Å²) in [5.74, 6) is 2.17. The van der Waals surface area contributed by atoms with E-state index in [2.05, 4.69) is 59.4 Å². The second kappa shape index (κ2) is 15.6. The van der Waals surface area contributed by atoms with Crippen LogP contribution in [0.25, 0.3) is 11.1 Å². The number of hydrogen-bond acceptors (Lipinski definition) is 7. The molecule has 3 aromatic carbocycles. The lowest BCUT2D eigenvalue weighted by Crippen LogP contribution is -2.62. The molecule has 2 amide bonds. The highest BCUT2D eigenvalue weighted by molar-refractivity contribution is 5.97. The van der Waals surface area contributed by atoms with Crippen LogP contribution in [0.2, 0.25) is 0 Å². The number of hydrogen-bond donors (Lipinski definition) is 3. The molecule has 3 N–H and O–H groups in total. The number of fused-ring (bicyclic) bond motifs is 2. The number of aliphatic hydroxyl groups excluding tert-OH is 1. The molecule has 9 nitrogen and oxygen atoms in total. The lowest BCUT2D eigenvalue weighted by molar-refractivity contribution is -0.139. The molecule has 2 bridgehead atoms. The number of aliphatic hydroxyl groups is 1. The molecule has 4 aliphatic rings. The third kappa shape index (κ3) is 7.87. The molecule has 4 fully saturated rings. The molecule has 3 aliphatic carbocycles. The van der Waals surface area contributed by atoms with Crippen LogP contribution in [-0.2, 0) is 17.8 Å². The van der Waals surface area contributed by atoms with Crippen molar-refractivity contribution in [2.75, 3.05) is 53.3 Å². The fraction of sp³-hybridized carbons (Fsp3) is 0.535. The first-order valence-electron chi connectivity index (χ1n) is 19.0. The van der Waals surface area contributed by atoms with E-state index in [0.717, 1.165) is 35.2 Å². The standard InChI is InChI=1S/C43H59N5O4/c1-27-36-23-32(43(36,2)3)24-37(27)45-42(51)39-38(49)17-18-48(39)25-29-15-12-16-35(40(29)52-8)30-20-31(22-34(21-30)47(6)7)41(50)44-33(26-46(4)5)19-28-13-10-9-11-14-28/h9-16,20-22,27,32-33,36-39,49H,17-19,23-26H2,1-8H3,(H,44,50)(H,45,51)/t27-,32-,33-,36+,37-,38-,39-/m0/s1. The number of carbonyl (C=O) groups excluding carboxylic acids is 2. The average molecular weight is 710 g/mol. The summed E-state index contributed by atoms with van der Waals surface area (Å²) >= 11 is 0. The van der Waals surface area contributed by atoms with Gasteiger partial charge in [0.1, 0.15) is 11.8 Å². The van der Waals surface area contributed by atoms with Crippen molar-refractivity contribution in [1.29, 1.82) is 0 Å². The molecule has 0 radical (unpaired) electrons. The number of nitrogens with zero attached hydrogens (tertiary/aromatic N) is 3. The molecule has 52 heavy (non-hydrogen) atoms. The Hall–Kier alpha value is -3.92. The van der Waals surface area contributed by atoms with Gasteiger partial charge in [-0.2, -0.15) is 0 Å². The molecule has 7 atom stereocenters. The first kappa shape index (κ1) is 37.8. The predicted molar refractivity (Wildman–Crippen MR) is 209 cm³/mol. The first-order valence-corrected chi connectivity index (χ1v) is 19.0. The van der Waals surface area contributed by atoms with Crippen molar-refractivity contribution >= 4 is 17.5 Å². The van der Waals surface area contributed by atoms with E-state index in [1.807, 2.05) is 81.6 Å². The lowest BCUT2D eigenvalue weighted by Gasteiger charge is -2.62. The minimum atomic E-state index is -0.727. The topological polar surface area (TPSA) is 97.4 Å². The van der Waals surface area contributed by atoms with Crippen LogP contribution in [0.4, 0.5) is 5.69 Å². The molecular formula is C43H59N5O4. The zero-order valence-corrected chi connectivity index (χ0v) is 32.4. The second-order valence-corrected chi connectivity index (χ2v) is 16.6. The summed E-state index contributed by atoms with van der Waals surface area (Å²) in [6.07, 6.45) is 2.80. The molecular weight excluding hydrogens is 651 g/mol. The Morgan fingerprint density at radius 1 is 1.02 bits per heavy atom. The zero-order chi connectivity index (χ0) is 37.3. The van der Waals surface area contributed by atoms with Crippen LogP contribution in [0, 0.1) is 23.2 Å². The Balaban J connectivity index is 1.23. The monoisotopic (exact) mass is 709 g/mol. The molecule has 0 spiro atoms. The number of rotatable bonds is 13. The maximum atomic E-state index is 13.9. The third-order valence-electron chi connectivity index (χ3n) is 12.3. The number of likely N-dealkylation sites (N-methyl/N-ethyl adjacent to an activating group) is 1. The van der Waals surface area contributed by atoms with E-state index < -0.39 is 12.1 Å². The third-order valence-corrected chi connectivity index (χ3v) is 12.3. The van der Waals surface area contributed by atoms with Crippen molar-refractivity contribution in [3.05, 3.63) is 83.4 Å². The van der Waals surface area contributed by atoms with Gasteiger partial charge >= 0.3 is 0 Å². The van der Waals surface area contributed by atoms with Crippen LogP contribution in [0.5, 0.6) is 5.75 Å². The molecule has 1 aliphatic heterocycles. The number of carbonyl (C=O) groups is 2. The predicted octanol–water partition coefficient (Wildman–Crippen LogP) is 5.45. The van der Waals surface area contributed by atoms with Crippen LogP contribution < -0.4 is 20.3 Å². The lowest BCUT2D eigenvalue weighted by atomic mass is 9.45. The molecule has 0 unspecified atom stereocenters. The number of amides is 2. The highest BCUT2D eigenvalue weighted by Crippen LogP contribution is 2.61. The van der Waals surface area contributed by atoms with Gasteiger partial charge in [-0.3, -0.25) is 14.5 Å². The largest absolute Gasteiger partial charge is 0.496 e. The number of benzene rings is 3. The summed E-state index contributed by atoms with van der Waals surface area (Å²) in [7, 11) is 9.65. The number of anilines is 1. The zero-order valence-electron chi connectivity index (χ0n) is 32.4. The van der Waals surface area contributed by atoms with Crippen LogP contribution in [0.15, 0.2) is 66.7 Å². The Morgan fingerprint density at radius 2 is 1.77 bits per heavy atom. The van der Waals surface area contributed by atoms with Gasteiger partial charge in [0.2, 0.25) is 5.91 Å². The van der Waals surface area contributed by atoms with Gasteiger partial charge in [0.25, 0.3) is 5.91 Å². The molecule has 7 rings (SSSR count). The highest BCUT2D eigenvalue weighted by Gasteiger charge is 2.56. The quantitative estimate of drug-likeness (QED) is 0.217. The van der Waals surface area contributed by atoms with Crippen molar-refractivity contribution in [2.24, 2.45) is 23.2 Å². The van der Waals surface area contributed by atoms with Gasteiger partial charge < -0.3 is 30.3 Å². The summed E-state index contributed by atoms with van der Waals surface area (Å²) in [6, 6.07) is 21.7. The van der Waals surface area contributed by atoms with E-state index >= 15 is 0 Å². The van der Waals surface area contributed by atoms with E-state index in [0.29, 0.717) is 60.5 Å².